The van der Waals surface area contributed by atoms with Gasteiger partial charge in [-0.2, -0.15) is 5.10 Å². The molecule has 0 saturated heterocycles. The predicted octanol–water partition coefficient (Wildman–Crippen LogP) is 3.10. The summed E-state index contributed by atoms with van der Waals surface area (Å²) < 4.78 is 7.50. The van der Waals surface area contributed by atoms with Gasteiger partial charge in [0.05, 0.1) is 17.5 Å². The van der Waals surface area contributed by atoms with E-state index in [0.29, 0.717) is 5.69 Å². The van der Waals surface area contributed by atoms with E-state index in [1.807, 2.05) is 45.3 Å². The lowest BCUT2D eigenvalue weighted by molar-refractivity contribution is 0.242. The monoisotopic (exact) mass is 274 g/mol. The number of ether oxygens (including phenoxy) is 1. The lowest BCUT2D eigenvalue weighted by atomic mass is 10.2. The highest BCUT2D eigenvalue weighted by Crippen LogP contribution is 2.27. The lowest BCUT2D eigenvalue weighted by Crippen LogP contribution is -2.06. The molecule has 3 N–H and O–H groups in total. The summed E-state index contributed by atoms with van der Waals surface area (Å²) in [6.45, 7) is 6.07. The zero-order valence-electron chi connectivity index (χ0n) is 12.5. The van der Waals surface area contributed by atoms with Crippen LogP contribution in [0, 0.1) is 0 Å². The average molecular weight is 274 g/mol. The van der Waals surface area contributed by atoms with Crippen LogP contribution in [0.25, 0.3) is 0 Å². The number of hydrogen-bond donors (Lipinski definition) is 2. The van der Waals surface area contributed by atoms with Gasteiger partial charge in [-0.25, -0.2) is 0 Å². The van der Waals surface area contributed by atoms with E-state index in [9.17, 15) is 0 Å². The summed E-state index contributed by atoms with van der Waals surface area (Å²) >= 11 is 0. The number of hydrogen-bond acceptors (Lipinski definition) is 4. The van der Waals surface area contributed by atoms with Crippen molar-refractivity contribution in [1.82, 2.24) is 9.78 Å². The van der Waals surface area contributed by atoms with Crippen LogP contribution < -0.4 is 15.8 Å². The number of anilines is 3. The molecular weight excluding hydrogens is 252 g/mol. The molecule has 0 spiro atoms. The predicted molar refractivity (Wildman–Crippen MR) is 82.5 cm³/mol. The Morgan fingerprint density at radius 2 is 2.10 bits per heavy atom. The van der Waals surface area contributed by atoms with Crippen LogP contribution in [0.1, 0.15) is 26.5 Å². The molecule has 0 amide bonds. The fourth-order valence-corrected chi connectivity index (χ4v) is 2.09. The third kappa shape index (κ3) is 3.44. The molecule has 0 aliphatic heterocycles. The molecule has 0 bridgehead atoms. The molecule has 1 aromatic carbocycles. The van der Waals surface area contributed by atoms with Gasteiger partial charge in [0.2, 0.25) is 0 Å². The molecule has 2 rings (SSSR count). The summed E-state index contributed by atoms with van der Waals surface area (Å²) in [5.74, 6) is 0.768. The number of nitrogens with two attached hydrogens (primary N) is 1. The van der Waals surface area contributed by atoms with Gasteiger partial charge in [-0.15, -0.1) is 0 Å². The minimum Gasteiger partial charge on any atom is -0.491 e. The molecule has 0 fully saturated rings. The van der Waals surface area contributed by atoms with Crippen LogP contribution in [0.4, 0.5) is 17.1 Å². The first kappa shape index (κ1) is 14.2. The Hall–Kier alpha value is -2.17. The molecule has 0 radical (unpaired) electrons. The summed E-state index contributed by atoms with van der Waals surface area (Å²) in [6, 6.07) is 5.66. The second kappa shape index (κ2) is 5.86. The normalized spacial score (nSPS) is 10.8. The van der Waals surface area contributed by atoms with E-state index in [2.05, 4.69) is 17.3 Å². The van der Waals surface area contributed by atoms with Crippen LogP contribution >= 0.6 is 0 Å². The summed E-state index contributed by atoms with van der Waals surface area (Å²) in [5, 5.41) is 7.77. The number of benzene rings is 1. The fourth-order valence-electron chi connectivity index (χ4n) is 2.09. The van der Waals surface area contributed by atoms with Crippen molar-refractivity contribution in [3.05, 3.63) is 30.1 Å². The highest BCUT2D eigenvalue weighted by molar-refractivity contribution is 5.67. The van der Waals surface area contributed by atoms with Gasteiger partial charge < -0.3 is 15.8 Å². The van der Waals surface area contributed by atoms with Crippen LogP contribution in [-0.4, -0.2) is 15.9 Å². The minimum atomic E-state index is 0.120. The van der Waals surface area contributed by atoms with Crippen LogP contribution in [0.3, 0.4) is 0 Å². The summed E-state index contributed by atoms with van der Waals surface area (Å²) in [6.07, 6.45) is 2.96. The van der Waals surface area contributed by atoms with Crippen molar-refractivity contribution >= 4 is 17.1 Å². The number of nitrogens with one attached hydrogen (secondary N) is 1. The van der Waals surface area contributed by atoms with E-state index in [1.54, 1.807) is 4.68 Å². The molecule has 108 valence electrons. The second-order valence-corrected chi connectivity index (χ2v) is 5.10. The molecule has 1 heterocycles. The Morgan fingerprint density at radius 1 is 1.35 bits per heavy atom. The van der Waals surface area contributed by atoms with Crippen molar-refractivity contribution in [1.29, 1.82) is 0 Å². The Morgan fingerprint density at radius 3 is 2.75 bits per heavy atom. The van der Waals surface area contributed by atoms with E-state index in [0.717, 1.165) is 29.2 Å². The number of rotatable bonds is 5. The summed E-state index contributed by atoms with van der Waals surface area (Å²) in [7, 11) is 1.91. The Balaban J connectivity index is 2.26. The van der Waals surface area contributed by atoms with Gasteiger partial charge in [-0.1, -0.05) is 6.92 Å². The fraction of sp³-hybridized carbons (Fsp3) is 0.400. The maximum Gasteiger partial charge on any atom is 0.123 e. The van der Waals surface area contributed by atoms with Crippen molar-refractivity contribution in [2.24, 2.45) is 7.05 Å². The Kier molecular flexibility index (Phi) is 4.17. The summed E-state index contributed by atoms with van der Waals surface area (Å²) in [5.41, 5.74) is 9.53. The van der Waals surface area contributed by atoms with Gasteiger partial charge in [-0.05, 0) is 26.3 Å². The molecule has 5 nitrogen and oxygen atoms in total. The van der Waals surface area contributed by atoms with Crippen LogP contribution in [0.2, 0.25) is 0 Å². The highest BCUT2D eigenvalue weighted by Gasteiger charge is 2.08. The smallest absolute Gasteiger partial charge is 0.123 e. The van der Waals surface area contributed by atoms with Gasteiger partial charge in [0.15, 0.2) is 0 Å². The van der Waals surface area contributed by atoms with Crippen LogP contribution in [-0.2, 0) is 13.5 Å². The largest absolute Gasteiger partial charge is 0.491 e. The van der Waals surface area contributed by atoms with E-state index in [1.165, 1.54) is 0 Å². The minimum absolute atomic E-state index is 0.120. The van der Waals surface area contributed by atoms with E-state index in [-0.39, 0.29) is 6.10 Å². The molecule has 0 saturated carbocycles. The maximum atomic E-state index is 5.92. The second-order valence-electron chi connectivity index (χ2n) is 5.10. The quantitative estimate of drug-likeness (QED) is 0.822. The molecule has 0 aliphatic carbocycles. The van der Waals surface area contributed by atoms with Crippen molar-refractivity contribution in [2.45, 2.75) is 33.3 Å². The highest BCUT2D eigenvalue weighted by atomic mass is 16.5. The molecular formula is C15H22N4O. The Bertz CT molecular complexity index is 590. The first-order chi connectivity index (χ1) is 9.47. The third-order valence-corrected chi connectivity index (χ3v) is 2.82. The van der Waals surface area contributed by atoms with E-state index < -0.39 is 0 Å². The zero-order chi connectivity index (χ0) is 14.7. The standard InChI is InChI=1S/C15H22N4O/c1-5-14-15(9-19(4)18-14)17-12-6-11(16)7-13(8-12)20-10(2)3/h6-10,17H,5,16H2,1-4H3. The molecule has 1 aromatic heterocycles. The van der Waals surface area contributed by atoms with Gasteiger partial charge in [0.1, 0.15) is 5.75 Å². The Labute approximate surface area is 119 Å². The molecule has 0 unspecified atom stereocenters. The van der Waals surface area contributed by atoms with Gasteiger partial charge in [0, 0.05) is 36.8 Å². The number of aryl methyl sites for hydroxylation is 2. The maximum absolute atomic E-state index is 5.92. The number of nitrogen functional groups attached to an aromatic ring is 1. The van der Waals surface area contributed by atoms with Crippen LogP contribution in [0.15, 0.2) is 24.4 Å². The molecule has 5 heteroatoms. The third-order valence-electron chi connectivity index (χ3n) is 2.82. The summed E-state index contributed by atoms with van der Waals surface area (Å²) in [4.78, 5) is 0. The molecule has 0 atom stereocenters. The molecule has 0 aliphatic rings. The first-order valence-electron chi connectivity index (χ1n) is 6.84. The van der Waals surface area contributed by atoms with Crippen molar-refractivity contribution in [3.63, 3.8) is 0 Å². The van der Waals surface area contributed by atoms with Gasteiger partial charge in [-0.3, -0.25) is 4.68 Å². The topological polar surface area (TPSA) is 65.1 Å². The van der Waals surface area contributed by atoms with Gasteiger partial charge in [0.25, 0.3) is 0 Å². The van der Waals surface area contributed by atoms with E-state index in [4.69, 9.17) is 10.5 Å². The van der Waals surface area contributed by atoms with Crippen molar-refractivity contribution in [2.75, 3.05) is 11.1 Å². The van der Waals surface area contributed by atoms with Gasteiger partial charge >= 0.3 is 0 Å². The van der Waals surface area contributed by atoms with Crippen molar-refractivity contribution in [3.8, 4) is 5.75 Å². The lowest BCUT2D eigenvalue weighted by Gasteiger charge is -2.13. The first-order valence-corrected chi connectivity index (χ1v) is 6.84. The van der Waals surface area contributed by atoms with Crippen molar-refractivity contribution < 1.29 is 4.74 Å². The van der Waals surface area contributed by atoms with Crippen LogP contribution in [0.5, 0.6) is 5.75 Å². The molecule has 20 heavy (non-hydrogen) atoms. The zero-order valence-corrected chi connectivity index (χ0v) is 12.5. The average Bonchev–Trinajstić information content (AvgIpc) is 2.67. The number of nitrogens with zero attached hydrogens (tertiary/aromatic N) is 2. The SMILES string of the molecule is CCc1nn(C)cc1Nc1cc(N)cc(OC(C)C)c1. The number of aromatic nitrogens is 2. The molecule has 2 aromatic rings. The van der Waals surface area contributed by atoms with E-state index >= 15 is 0 Å².